The monoisotopic (exact) mass is 328 g/mol. The lowest BCUT2D eigenvalue weighted by Crippen LogP contribution is -2.07. The molecule has 2 radical (unpaired) electrons. The van der Waals surface area contributed by atoms with Gasteiger partial charge in [-0.3, -0.25) is 0 Å². The average Bonchev–Trinajstić information content (AvgIpc) is 3.22. The molecule has 0 saturated heterocycles. The summed E-state index contributed by atoms with van der Waals surface area (Å²) in [6.45, 7) is 0. The van der Waals surface area contributed by atoms with E-state index in [1.807, 2.05) is 60.7 Å². The maximum absolute atomic E-state index is 11.9. The van der Waals surface area contributed by atoms with Gasteiger partial charge in [0.2, 0.25) is 0 Å². The first-order valence-electron chi connectivity index (χ1n) is 7.67. The van der Waals surface area contributed by atoms with E-state index >= 15 is 0 Å². The number of hydrogen-bond acceptors (Lipinski definition) is 2. The van der Waals surface area contributed by atoms with E-state index in [1.165, 1.54) is 0 Å². The number of hydrogen-bond donors (Lipinski definition) is 0. The summed E-state index contributed by atoms with van der Waals surface area (Å²) in [6, 6.07) is 22.6. The maximum atomic E-state index is 11.9. The van der Waals surface area contributed by atoms with Crippen molar-refractivity contribution < 1.29 is 9.53 Å². The van der Waals surface area contributed by atoms with Crippen molar-refractivity contribution in [3.05, 3.63) is 102 Å². The van der Waals surface area contributed by atoms with Crippen LogP contribution in [0.5, 0.6) is 5.75 Å². The molecule has 0 amide bonds. The van der Waals surface area contributed by atoms with E-state index in [2.05, 4.69) is 23.6 Å². The number of benzene rings is 3. The van der Waals surface area contributed by atoms with E-state index in [0.717, 1.165) is 20.3 Å². The summed E-state index contributed by atoms with van der Waals surface area (Å²) in [5.74, 6) is 0.225. The quantitative estimate of drug-likeness (QED) is 0.384. The van der Waals surface area contributed by atoms with E-state index in [0.29, 0.717) is 11.3 Å². The van der Waals surface area contributed by atoms with Crippen LogP contribution in [-0.4, -0.2) is 15.5 Å². The van der Waals surface area contributed by atoms with E-state index in [-0.39, 0.29) is 5.97 Å². The van der Waals surface area contributed by atoms with Crippen LogP contribution in [0, 0.1) is 0 Å². The molecular formula is C21H16O2Si. The Morgan fingerprint density at radius 3 is 2.08 bits per heavy atom. The Morgan fingerprint density at radius 2 is 1.42 bits per heavy atom. The van der Waals surface area contributed by atoms with Gasteiger partial charge >= 0.3 is 5.97 Å². The highest BCUT2D eigenvalue weighted by Gasteiger charge is 2.07. The Balaban J connectivity index is 0.000000290. The predicted octanol–water partition coefficient (Wildman–Crippen LogP) is 4.79. The minimum Gasteiger partial charge on any atom is -0.423 e. The van der Waals surface area contributed by atoms with Crippen molar-refractivity contribution in [3.8, 4) is 5.75 Å². The van der Waals surface area contributed by atoms with Crippen molar-refractivity contribution in [2.75, 3.05) is 0 Å². The Bertz CT molecular complexity index is 872. The topological polar surface area (TPSA) is 26.3 Å². The highest BCUT2D eigenvalue weighted by Crippen LogP contribution is 2.21. The first-order chi connectivity index (χ1) is 11.8. The molecule has 1 aliphatic heterocycles. The van der Waals surface area contributed by atoms with Crippen LogP contribution in [0.1, 0.15) is 10.4 Å². The van der Waals surface area contributed by atoms with Crippen LogP contribution in [0.2, 0.25) is 0 Å². The van der Waals surface area contributed by atoms with Crippen molar-refractivity contribution in [2.24, 2.45) is 0 Å². The molecule has 0 spiro atoms. The SMILES string of the molecule is C1=C[Si]C=C1.O=C(Oc1ccc2ccccc2c1)c1ccccc1. The summed E-state index contributed by atoms with van der Waals surface area (Å²) in [7, 11) is 0.948. The van der Waals surface area contributed by atoms with E-state index < -0.39 is 0 Å². The number of allylic oxidation sites excluding steroid dienone is 2. The summed E-state index contributed by atoms with van der Waals surface area (Å²) in [4.78, 5) is 11.9. The van der Waals surface area contributed by atoms with Gasteiger partial charge < -0.3 is 4.74 Å². The molecule has 0 bridgehead atoms. The smallest absolute Gasteiger partial charge is 0.343 e. The lowest BCUT2D eigenvalue weighted by molar-refractivity contribution is 0.0735. The third-order valence-corrected chi connectivity index (χ3v) is 4.21. The third kappa shape index (κ3) is 4.30. The summed E-state index contributed by atoms with van der Waals surface area (Å²) < 4.78 is 5.37. The van der Waals surface area contributed by atoms with Gasteiger partial charge in [-0.15, -0.1) is 0 Å². The summed E-state index contributed by atoms with van der Waals surface area (Å²) in [5.41, 5.74) is 4.86. The Morgan fingerprint density at radius 1 is 0.750 bits per heavy atom. The molecule has 24 heavy (non-hydrogen) atoms. The average molecular weight is 328 g/mol. The van der Waals surface area contributed by atoms with E-state index in [9.17, 15) is 4.79 Å². The zero-order chi connectivity index (χ0) is 16.6. The summed E-state index contributed by atoms with van der Waals surface area (Å²) >= 11 is 0. The Hall–Kier alpha value is -2.91. The molecule has 1 aliphatic rings. The number of carbonyl (C=O) groups is 1. The van der Waals surface area contributed by atoms with E-state index in [4.69, 9.17) is 4.74 Å². The van der Waals surface area contributed by atoms with Crippen LogP contribution in [0.25, 0.3) is 10.8 Å². The van der Waals surface area contributed by atoms with Gasteiger partial charge in [0, 0.05) is 0 Å². The van der Waals surface area contributed by atoms with E-state index in [1.54, 1.807) is 12.1 Å². The third-order valence-electron chi connectivity index (χ3n) is 3.44. The predicted molar refractivity (Wildman–Crippen MR) is 99.4 cm³/mol. The summed E-state index contributed by atoms with van der Waals surface area (Å²) in [5, 5.41) is 2.18. The van der Waals surface area contributed by atoms with Gasteiger partial charge in [-0.2, -0.15) is 0 Å². The van der Waals surface area contributed by atoms with Gasteiger partial charge in [0.15, 0.2) is 0 Å². The molecule has 0 aliphatic carbocycles. The van der Waals surface area contributed by atoms with Crippen molar-refractivity contribution in [1.29, 1.82) is 0 Å². The van der Waals surface area contributed by atoms with Crippen LogP contribution in [-0.2, 0) is 0 Å². The first-order valence-corrected chi connectivity index (χ1v) is 8.82. The van der Waals surface area contributed by atoms with Crippen LogP contribution in [0.3, 0.4) is 0 Å². The molecule has 2 nitrogen and oxygen atoms in total. The second-order valence-corrected chi connectivity index (χ2v) is 6.15. The normalized spacial score (nSPS) is 11.8. The van der Waals surface area contributed by atoms with Crippen molar-refractivity contribution in [2.45, 2.75) is 0 Å². The largest absolute Gasteiger partial charge is 0.423 e. The zero-order valence-electron chi connectivity index (χ0n) is 13.1. The molecule has 0 aromatic heterocycles. The van der Waals surface area contributed by atoms with Gasteiger partial charge in [-0.25, -0.2) is 4.79 Å². The highest BCUT2D eigenvalue weighted by atomic mass is 28.2. The first kappa shape index (κ1) is 16.0. The molecule has 0 atom stereocenters. The lowest BCUT2D eigenvalue weighted by atomic mass is 10.1. The summed E-state index contributed by atoms with van der Waals surface area (Å²) in [6.07, 6.45) is 4.14. The standard InChI is InChI=1S/C17H12O2.C4H4Si/c18-17(14-7-2-1-3-8-14)19-16-11-10-13-6-4-5-9-15(13)12-16;1-2-4-5-3-1/h1-12H;1-4H. The maximum Gasteiger partial charge on any atom is 0.343 e. The zero-order valence-corrected chi connectivity index (χ0v) is 14.1. The fraction of sp³-hybridized carbons (Fsp3) is 0. The molecule has 0 N–H and O–H groups in total. The minimum absolute atomic E-state index is 0.337. The van der Waals surface area contributed by atoms with Gasteiger partial charge in [0.25, 0.3) is 0 Å². The van der Waals surface area contributed by atoms with Gasteiger partial charge in [0.05, 0.1) is 5.56 Å². The van der Waals surface area contributed by atoms with Crippen LogP contribution in [0.4, 0.5) is 0 Å². The Kier molecular flexibility index (Phi) is 5.38. The van der Waals surface area contributed by atoms with Gasteiger partial charge in [-0.05, 0) is 35.0 Å². The number of esters is 1. The minimum atomic E-state index is -0.337. The van der Waals surface area contributed by atoms with Crippen molar-refractivity contribution in [1.82, 2.24) is 0 Å². The fourth-order valence-electron chi connectivity index (χ4n) is 2.25. The Labute approximate surface area is 143 Å². The molecule has 116 valence electrons. The van der Waals surface area contributed by atoms with Crippen molar-refractivity contribution >= 4 is 26.3 Å². The van der Waals surface area contributed by atoms with Crippen LogP contribution >= 0.6 is 0 Å². The molecule has 0 unspecified atom stereocenters. The number of ether oxygens (including phenoxy) is 1. The highest BCUT2D eigenvalue weighted by molar-refractivity contribution is 6.49. The molecule has 1 heterocycles. The van der Waals surface area contributed by atoms with Crippen molar-refractivity contribution in [3.63, 3.8) is 0 Å². The second kappa shape index (κ2) is 8.08. The van der Waals surface area contributed by atoms with Gasteiger partial charge in [-0.1, -0.05) is 72.1 Å². The second-order valence-electron chi connectivity index (χ2n) is 5.15. The number of fused-ring (bicyclic) bond motifs is 1. The lowest BCUT2D eigenvalue weighted by Gasteiger charge is -2.05. The van der Waals surface area contributed by atoms with Crippen LogP contribution in [0.15, 0.2) is 96.3 Å². The molecule has 3 heteroatoms. The molecule has 4 rings (SSSR count). The van der Waals surface area contributed by atoms with Gasteiger partial charge in [0.1, 0.15) is 15.3 Å². The number of rotatable bonds is 2. The molecule has 0 fully saturated rings. The molecule has 3 aromatic rings. The molecule has 0 saturated carbocycles. The fourth-order valence-corrected chi connectivity index (χ4v) is 2.80. The molecular weight excluding hydrogens is 312 g/mol. The molecule has 3 aromatic carbocycles. The number of carbonyl (C=O) groups excluding carboxylic acids is 1. The van der Waals surface area contributed by atoms with Crippen LogP contribution < -0.4 is 4.74 Å².